The molecule has 0 aliphatic rings. The molecule has 0 unspecified atom stereocenters. The molecule has 2 heterocycles. The van der Waals surface area contributed by atoms with Crippen LogP contribution >= 0.6 is 11.6 Å². The van der Waals surface area contributed by atoms with Crippen LogP contribution in [0.1, 0.15) is 11.3 Å². The van der Waals surface area contributed by atoms with Gasteiger partial charge in [-0.05, 0) is 19.9 Å². The van der Waals surface area contributed by atoms with E-state index < -0.39 is 0 Å². The molecule has 0 radical (unpaired) electrons. The molecule has 2 aromatic heterocycles. The second-order valence-corrected chi connectivity index (χ2v) is 3.48. The van der Waals surface area contributed by atoms with Gasteiger partial charge in [0.25, 0.3) is 0 Å². The predicted molar refractivity (Wildman–Crippen MR) is 57.5 cm³/mol. The van der Waals surface area contributed by atoms with Crippen LogP contribution in [0.4, 0.5) is 0 Å². The molecule has 15 heavy (non-hydrogen) atoms. The standard InChI is InChI=1S/C10H9ClN4/c1-6-7(2)14-10(15-8(6)11)9-12-4-3-5-13-9/h3-5H,1-2H3. The van der Waals surface area contributed by atoms with Gasteiger partial charge in [-0.15, -0.1) is 0 Å². The molecule has 2 rings (SSSR count). The summed E-state index contributed by atoms with van der Waals surface area (Å²) in [4.78, 5) is 16.5. The molecule has 76 valence electrons. The van der Waals surface area contributed by atoms with Crippen molar-refractivity contribution in [1.29, 1.82) is 0 Å². The maximum absolute atomic E-state index is 5.96. The summed E-state index contributed by atoms with van der Waals surface area (Å²) < 4.78 is 0. The summed E-state index contributed by atoms with van der Waals surface area (Å²) in [6.45, 7) is 3.77. The second kappa shape index (κ2) is 3.90. The summed E-state index contributed by atoms with van der Waals surface area (Å²) in [7, 11) is 0. The summed E-state index contributed by atoms with van der Waals surface area (Å²) in [6.07, 6.45) is 3.30. The van der Waals surface area contributed by atoms with Crippen molar-refractivity contribution in [2.24, 2.45) is 0 Å². The van der Waals surface area contributed by atoms with Crippen LogP contribution in [0.25, 0.3) is 11.6 Å². The third kappa shape index (κ3) is 1.94. The molecule has 5 heteroatoms. The van der Waals surface area contributed by atoms with Gasteiger partial charge >= 0.3 is 0 Å². The van der Waals surface area contributed by atoms with E-state index in [0.717, 1.165) is 11.3 Å². The van der Waals surface area contributed by atoms with E-state index in [-0.39, 0.29) is 0 Å². The molecule has 0 amide bonds. The Morgan fingerprint density at radius 3 is 2.27 bits per heavy atom. The highest BCUT2D eigenvalue weighted by Gasteiger charge is 2.09. The number of nitrogens with zero attached hydrogens (tertiary/aromatic N) is 4. The highest BCUT2D eigenvalue weighted by Crippen LogP contribution is 2.18. The first-order chi connectivity index (χ1) is 7.18. The van der Waals surface area contributed by atoms with E-state index in [9.17, 15) is 0 Å². The van der Waals surface area contributed by atoms with Crippen molar-refractivity contribution >= 4 is 11.6 Å². The van der Waals surface area contributed by atoms with Crippen LogP contribution in [0.2, 0.25) is 5.15 Å². The Hall–Kier alpha value is -1.55. The van der Waals surface area contributed by atoms with Gasteiger partial charge in [0.05, 0.1) is 0 Å². The van der Waals surface area contributed by atoms with Gasteiger partial charge in [0.2, 0.25) is 0 Å². The quantitative estimate of drug-likeness (QED) is 0.692. The van der Waals surface area contributed by atoms with Gasteiger partial charge in [-0.1, -0.05) is 11.6 Å². The lowest BCUT2D eigenvalue weighted by atomic mass is 10.3. The van der Waals surface area contributed by atoms with E-state index in [1.165, 1.54) is 0 Å². The first kappa shape index (κ1) is 9.98. The second-order valence-electron chi connectivity index (χ2n) is 3.12. The number of halogens is 1. The number of aryl methyl sites for hydroxylation is 1. The largest absolute Gasteiger partial charge is 0.234 e. The summed E-state index contributed by atoms with van der Waals surface area (Å²) in [5, 5.41) is 0.449. The Bertz CT molecular complexity index is 461. The Labute approximate surface area is 92.4 Å². The number of hydrogen-bond donors (Lipinski definition) is 0. The monoisotopic (exact) mass is 220 g/mol. The minimum atomic E-state index is 0.449. The molecule has 2 aromatic rings. The van der Waals surface area contributed by atoms with Crippen molar-refractivity contribution in [3.8, 4) is 11.6 Å². The van der Waals surface area contributed by atoms with Crippen LogP contribution in [0.15, 0.2) is 18.5 Å². The van der Waals surface area contributed by atoms with Crippen LogP contribution in [0, 0.1) is 13.8 Å². The van der Waals surface area contributed by atoms with Gasteiger partial charge in [0, 0.05) is 23.7 Å². The zero-order valence-corrected chi connectivity index (χ0v) is 9.15. The minimum absolute atomic E-state index is 0.449. The van der Waals surface area contributed by atoms with Gasteiger partial charge in [0.15, 0.2) is 11.6 Å². The number of rotatable bonds is 1. The van der Waals surface area contributed by atoms with Crippen molar-refractivity contribution in [3.63, 3.8) is 0 Å². The van der Waals surface area contributed by atoms with Crippen molar-refractivity contribution < 1.29 is 0 Å². The predicted octanol–water partition coefficient (Wildman–Crippen LogP) is 2.20. The van der Waals surface area contributed by atoms with Crippen LogP contribution in [-0.4, -0.2) is 19.9 Å². The van der Waals surface area contributed by atoms with Gasteiger partial charge in [-0.2, -0.15) is 0 Å². The number of hydrogen-bond acceptors (Lipinski definition) is 4. The lowest BCUT2D eigenvalue weighted by molar-refractivity contribution is 1.03. The third-order valence-corrected chi connectivity index (χ3v) is 2.46. The Kier molecular flexibility index (Phi) is 2.60. The van der Waals surface area contributed by atoms with Crippen molar-refractivity contribution in [2.45, 2.75) is 13.8 Å². The molecular weight excluding hydrogens is 212 g/mol. The molecule has 4 nitrogen and oxygen atoms in total. The van der Waals surface area contributed by atoms with Gasteiger partial charge in [-0.25, -0.2) is 19.9 Å². The first-order valence-electron chi connectivity index (χ1n) is 4.46. The summed E-state index contributed by atoms with van der Waals surface area (Å²) >= 11 is 5.96. The van der Waals surface area contributed by atoms with E-state index in [0.29, 0.717) is 16.8 Å². The van der Waals surface area contributed by atoms with Gasteiger partial charge in [-0.3, -0.25) is 0 Å². The normalized spacial score (nSPS) is 10.3. The van der Waals surface area contributed by atoms with Crippen molar-refractivity contribution in [2.75, 3.05) is 0 Å². The average molecular weight is 221 g/mol. The highest BCUT2D eigenvalue weighted by atomic mass is 35.5. The molecular formula is C10H9ClN4. The van der Waals surface area contributed by atoms with Crippen molar-refractivity contribution in [3.05, 3.63) is 34.9 Å². The molecule has 0 aromatic carbocycles. The molecule has 0 atom stereocenters. The summed E-state index contributed by atoms with van der Waals surface area (Å²) in [5.41, 5.74) is 1.73. The smallest absolute Gasteiger partial charge is 0.199 e. The Balaban J connectivity index is 2.56. The van der Waals surface area contributed by atoms with Crippen molar-refractivity contribution in [1.82, 2.24) is 19.9 Å². The molecule has 0 bridgehead atoms. The zero-order valence-electron chi connectivity index (χ0n) is 8.40. The highest BCUT2D eigenvalue weighted by molar-refractivity contribution is 6.30. The molecule has 0 saturated heterocycles. The fraction of sp³-hybridized carbons (Fsp3) is 0.200. The zero-order chi connectivity index (χ0) is 10.8. The maximum atomic E-state index is 5.96. The summed E-state index contributed by atoms with van der Waals surface area (Å²) in [6, 6.07) is 1.74. The van der Waals surface area contributed by atoms with E-state index >= 15 is 0 Å². The third-order valence-electron chi connectivity index (χ3n) is 2.10. The lowest BCUT2D eigenvalue weighted by Crippen LogP contribution is -1.99. The molecule has 0 spiro atoms. The Morgan fingerprint density at radius 2 is 1.67 bits per heavy atom. The molecule has 0 aliphatic carbocycles. The molecule has 0 aliphatic heterocycles. The van der Waals surface area contributed by atoms with Crippen LogP contribution < -0.4 is 0 Å². The molecule has 0 N–H and O–H groups in total. The van der Waals surface area contributed by atoms with E-state index in [1.807, 2.05) is 13.8 Å². The fourth-order valence-corrected chi connectivity index (χ4v) is 1.33. The van der Waals surface area contributed by atoms with E-state index in [1.54, 1.807) is 18.5 Å². The summed E-state index contributed by atoms with van der Waals surface area (Å²) in [5.74, 6) is 0.950. The van der Waals surface area contributed by atoms with Crippen LogP contribution in [0.3, 0.4) is 0 Å². The first-order valence-corrected chi connectivity index (χ1v) is 4.84. The lowest BCUT2D eigenvalue weighted by Gasteiger charge is -2.03. The van der Waals surface area contributed by atoms with E-state index in [4.69, 9.17) is 11.6 Å². The number of aromatic nitrogens is 4. The SMILES string of the molecule is Cc1nc(-c2ncccn2)nc(Cl)c1C. The molecule has 0 fully saturated rings. The van der Waals surface area contributed by atoms with Gasteiger partial charge < -0.3 is 0 Å². The topological polar surface area (TPSA) is 51.6 Å². The van der Waals surface area contributed by atoms with Crippen LogP contribution in [-0.2, 0) is 0 Å². The minimum Gasteiger partial charge on any atom is -0.234 e. The van der Waals surface area contributed by atoms with Gasteiger partial charge in [0.1, 0.15) is 5.15 Å². The van der Waals surface area contributed by atoms with Crippen LogP contribution in [0.5, 0.6) is 0 Å². The fourth-order valence-electron chi connectivity index (χ4n) is 1.11. The molecule has 0 saturated carbocycles. The Morgan fingerprint density at radius 1 is 1.00 bits per heavy atom. The average Bonchev–Trinajstić information content (AvgIpc) is 2.26. The maximum Gasteiger partial charge on any atom is 0.199 e. The van der Waals surface area contributed by atoms with E-state index in [2.05, 4.69) is 19.9 Å².